The van der Waals surface area contributed by atoms with Gasteiger partial charge in [0.15, 0.2) is 5.76 Å². The number of aryl methyl sites for hydroxylation is 1. The molecule has 2 heterocycles. The van der Waals surface area contributed by atoms with E-state index in [1.807, 2.05) is 37.3 Å². The van der Waals surface area contributed by atoms with Crippen LogP contribution in [0.4, 0.5) is 5.69 Å². The number of hydrogen-bond donors (Lipinski definition) is 1. The van der Waals surface area contributed by atoms with Crippen LogP contribution in [0.25, 0.3) is 10.9 Å². The molecule has 3 rings (SSSR count). The van der Waals surface area contributed by atoms with Crippen LogP contribution in [0.2, 0.25) is 0 Å². The van der Waals surface area contributed by atoms with Gasteiger partial charge < -0.3 is 9.84 Å². The summed E-state index contributed by atoms with van der Waals surface area (Å²) in [5, 5.41) is 16.2. The molecule has 0 radical (unpaired) electrons. The van der Waals surface area contributed by atoms with E-state index < -0.39 is 0 Å². The van der Waals surface area contributed by atoms with Crippen molar-refractivity contribution in [1.82, 2.24) is 15.4 Å². The highest BCUT2D eigenvalue weighted by atomic mass is 16.5. The third-order valence-electron chi connectivity index (χ3n) is 2.68. The van der Waals surface area contributed by atoms with Crippen LogP contribution in [0.1, 0.15) is 11.5 Å². The van der Waals surface area contributed by atoms with E-state index in [0.717, 1.165) is 28.0 Å². The summed E-state index contributed by atoms with van der Waals surface area (Å²) in [5.41, 5.74) is 2.69. The van der Waals surface area contributed by atoms with Crippen molar-refractivity contribution in [2.24, 2.45) is 0 Å². The van der Waals surface area contributed by atoms with Gasteiger partial charge in [-0.1, -0.05) is 23.4 Å². The lowest BCUT2D eigenvalue weighted by Gasteiger charge is -2.06. The largest absolute Gasteiger partial charge is 0.376 e. The van der Waals surface area contributed by atoms with Crippen LogP contribution in [-0.4, -0.2) is 15.4 Å². The van der Waals surface area contributed by atoms with Crippen molar-refractivity contribution < 1.29 is 4.52 Å². The number of nitrogens with zero attached hydrogens (tertiary/aromatic N) is 3. The van der Waals surface area contributed by atoms with E-state index in [2.05, 4.69) is 20.7 Å². The fourth-order valence-corrected chi connectivity index (χ4v) is 1.83. The predicted octanol–water partition coefficient (Wildman–Crippen LogP) is 2.54. The Hall–Kier alpha value is -2.43. The summed E-state index contributed by atoms with van der Waals surface area (Å²) in [5.74, 6) is 0.799. The van der Waals surface area contributed by atoms with Crippen LogP contribution in [-0.2, 0) is 6.54 Å². The molecule has 0 aliphatic carbocycles. The molecule has 0 saturated heterocycles. The average Bonchev–Trinajstić information content (AvgIpc) is 2.82. The Kier molecular flexibility index (Phi) is 2.64. The van der Waals surface area contributed by atoms with Gasteiger partial charge in [-0.3, -0.25) is 0 Å². The van der Waals surface area contributed by atoms with Gasteiger partial charge in [0, 0.05) is 11.5 Å². The zero-order chi connectivity index (χ0) is 12.4. The zero-order valence-electron chi connectivity index (χ0n) is 9.92. The molecule has 0 bridgehead atoms. The van der Waals surface area contributed by atoms with E-state index in [9.17, 15) is 0 Å². The number of aromatic nitrogens is 3. The Balaban J connectivity index is 1.86. The summed E-state index contributed by atoms with van der Waals surface area (Å²) in [4.78, 5) is 0. The van der Waals surface area contributed by atoms with Gasteiger partial charge in [0.2, 0.25) is 0 Å². The Morgan fingerprint density at radius 1 is 1.28 bits per heavy atom. The SMILES string of the molecule is Cc1cc(CNc2cnnc3ccccc23)on1. The number of rotatable bonds is 3. The summed E-state index contributed by atoms with van der Waals surface area (Å²) in [6.45, 7) is 2.48. The Labute approximate surface area is 104 Å². The molecule has 0 aliphatic heterocycles. The van der Waals surface area contributed by atoms with Crippen LogP contribution >= 0.6 is 0 Å². The second-order valence-electron chi connectivity index (χ2n) is 4.06. The fraction of sp³-hybridized carbons (Fsp3) is 0.154. The van der Waals surface area contributed by atoms with Crippen LogP contribution < -0.4 is 5.32 Å². The van der Waals surface area contributed by atoms with Crippen molar-refractivity contribution in [3.8, 4) is 0 Å². The Morgan fingerprint density at radius 3 is 3.00 bits per heavy atom. The van der Waals surface area contributed by atoms with E-state index in [0.29, 0.717) is 6.54 Å². The molecule has 1 aromatic carbocycles. The Bertz CT molecular complexity index is 672. The van der Waals surface area contributed by atoms with Gasteiger partial charge >= 0.3 is 0 Å². The first kappa shape index (κ1) is 10.7. The molecule has 0 amide bonds. The van der Waals surface area contributed by atoms with E-state index in [1.54, 1.807) is 6.20 Å². The zero-order valence-corrected chi connectivity index (χ0v) is 9.92. The van der Waals surface area contributed by atoms with E-state index in [4.69, 9.17) is 4.52 Å². The van der Waals surface area contributed by atoms with Gasteiger partial charge in [-0.25, -0.2) is 0 Å². The molecule has 0 saturated carbocycles. The lowest BCUT2D eigenvalue weighted by atomic mass is 10.2. The average molecular weight is 240 g/mol. The maximum Gasteiger partial charge on any atom is 0.156 e. The van der Waals surface area contributed by atoms with Gasteiger partial charge in [0.1, 0.15) is 0 Å². The summed E-state index contributed by atoms with van der Waals surface area (Å²) in [7, 11) is 0. The number of fused-ring (bicyclic) bond motifs is 1. The smallest absolute Gasteiger partial charge is 0.156 e. The van der Waals surface area contributed by atoms with Crippen molar-refractivity contribution in [3.63, 3.8) is 0 Å². The maximum atomic E-state index is 5.15. The van der Waals surface area contributed by atoms with Crippen molar-refractivity contribution in [2.75, 3.05) is 5.32 Å². The molecule has 1 N–H and O–H groups in total. The minimum absolute atomic E-state index is 0.580. The van der Waals surface area contributed by atoms with Crippen molar-refractivity contribution in [2.45, 2.75) is 13.5 Å². The molecule has 3 aromatic rings. The van der Waals surface area contributed by atoms with E-state index in [-0.39, 0.29) is 0 Å². The minimum atomic E-state index is 0.580. The maximum absolute atomic E-state index is 5.15. The molecule has 0 unspecified atom stereocenters. The minimum Gasteiger partial charge on any atom is -0.376 e. The fourth-order valence-electron chi connectivity index (χ4n) is 1.83. The molecule has 0 atom stereocenters. The van der Waals surface area contributed by atoms with Crippen LogP contribution in [0.5, 0.6) is 0 Å². The first-order chi connectivity index (χ1) is 8.83. The number of nitrogens with one attached hydrogen (secondary N) is 1. The first-order valence-electron chi connectivity index (χ1n) is 5.69. The highest BCUT2D eigenvalue weighted by Gasteiger charge is 2.04. The van der Waals surface area contributed by atoms with Crippen molar-refractivity contribution in [3.05, 3.63) is 48.0 Å². The van der Waals surface area contributed by atoms with Gasteiger partial charge in [0.25, 0.3) is 0 Å². The van der Waals surface area contributed by atoms with Crippen molar-refractivity contribution in [1.29, 1.82) is 0 Å². The normalized spacial score (nSPS) is 10.7. The van der Waals surface area contributed by atoms with E-state index >= 15 is 0 Å². The second kappa shape index (κ2) is 4.44. The number of hydrogen-bond acceptors (Lipinski definition) is 5. The van der Waals surface area contributed by atoms with Crippen LogP contribution in [0.15, 0.2) is 41.1 Å². The third kappa shape index (κ3) is 2.02. The molecular formula is C13H12N4O. The van der Waals surface area contributed by atoms with Crippen molar-refractivity contribution >= 4 is 16.6 Å². The molecule has 2 aromatic heterocycles. The molecule has 0 fully saturated rings. The molecular weight excluding hydrogens is 228 g/mol. The second-order valence-corrected chi connectivity index (χ2v) is 4.06. The topological polar surface area (TPSA) is 63.8 Å². The highest BCUT2D eigenvalue weighted by Crippen LogP contribution is 2.20. The van der Waals surface area contributed by atoms with Gasteiger partial charge in [-0.05, 0) is 13.0 Å². The summed E-state index contributed by atoms with van der Waals surface area (Å²) in [6.07, 6.45) is 1.71. The first-order valence-corrected chi connectivity index (χ1v) is 5.69. The summed E-state index contributed by atoms with van der Waals surface area (Å²) in [6, 6.07) is 9.78. The molecule has 90 valence electrons. The van der Waals surface area contributed by atoms with Gasteiger partial charge in [-0.15, -0.1) is 0 Å². The monoisotopic (exact) mass is 240 g/mol. The molecule has 18 heavy (non-hydrogen) atoms. The van der Waals surface area contributed by atoms with Crippen LogP contribution in [0, 0.1) is 6.92 Å². The summed E-state index contributed by atoms with van der Waals surface area (Å²) >= 11 is 0. The van der Waals surface area contributed by atoms with Crippen LogP contribution in [0.3, 0.4) is 0 Å². The van der Waals surface area contributed by atoms with Gasteiger partial charge in [-0.2, -0.15) is 10.2 Å². The lowest BCUT2D eigenvalue weighted by molar-refractivity contribution is 0.384. The number of anilines is 1. The van der Waals surface area contributed by atoms with Gasteiger partial charge in [0.05, 0.1) is 29.6 Å². The summed E-state index contributed by atoms with van der Waals surface area (Å²) < 4.78 is 5.15. The molecule has 0 spiro atoms. The predicted molar refractivity (Wildman–Crippen MR) is 68.1 cm³/mol. The Morgan fingerprint density at radius 2 is 2.17 bits per heavy atom. The highest BCUT2D eigenvalue weighted by molar-refractivity contribution is 5.90. The standard InChI is InChI=1S/C13H12N4O/c1-9-6-10(18-17-9)7-14-13-8-15-16-12-5-3-2-4-11(12)13/h2-6,8H,7H2,1H3,(H,14,16). The quantitative estimate of drug-likeness (QED) is 0.762. The number of benzene rings is 1. The van der Waals surface area contributed by atoms with E-state index in [1.165, 1.54) is 0 Å². The third-order valence-corrected chi connectivity index (χ3v) is 2.68. The molecule has 0 aliphatic rings. The molecule has 5 heteroatoms. The molecule has 5 nitrogen and oxygen atoms in total. The lowest BCUT2D eigenvalue weighted by Crippen LogP contribution is -2.00.